The van der Waals surface area contributed by atoms with Crippen LogP contribution in [0.4, 0.5) is 11.4 Å². The second kappa shape index (κ2) is 12.0. The molecule has 0 radical (unpaired) electrons. The van der Waals surface area contributed by atoms with Crippen LogP contribution in [0.25, 0.3) is 0 Å². The second-order valence-corrected chi connectivity index (χ2v) is 9.74. The highest BCUT2D eigenvalue weighted by atomic mass is 16.5. The molecule has 0 heterocycles. The highest BCUT2D eigenvalue weighted by Crippen LogP contribution is 2.43. The first-order valence-electron chi connectivity index (χ1n) is 12.8. The largest absolute Gasteiger partial charge is 0.497 e. The van der Waals surface area contributed by atoms with E-state index in [-0.39, 0.29) is 0 Å². The SMILES string of the molecule is COc1ccc(C(OCCCc2ccccc2)(c2cccc(N(C)C)c2)c2cccc(N(C)C)c2)cc1. The summed E-state index contributed by atoms with van der Waals surface area (Å²) in [5, 5.41) is 0. The van der Waals surface area contributed by atoms with E-state index in [4.69, 9.17) is 9.47 Å². The van der Waals surface area contributed by atoms with Gasteiger partial charge >= 0.3 is 0 Å². The zero-order valence-corrected chi connectivity index (χ0v) is 22.6. The van der Waals surface area contributed by atoms with E-state index in [0.717, 1.165) is 46.7 Å². The number of hydrogen-bond donors (Lipinski definition) is 0. The van der Waals surface area contributed by atoms with E-state index >= 15 is 0 Å². The molecule has 192 valence electrons. The number of rotatable bonds is 11. The number of methoxy groups -OCH3 is 1. The molecule has 4 aromatic rings. The van der Waals surface area contributed by atoms with E-state index in [1.807, 2.05) is 12.1 Å². The predicted octanol–water partition coefficient (Wildman–Crippen LogP) is 6.77. The van der Waals surface area contributed by atoms with Crippen molar-refractivity contribution in [2.45, 2.75) is 18.4 Å². The molecule has 0 fully saturated rings. The van der Waals surface area contributed by atoms with Gasteiger partial charge < -0.3 is 19.3 Å². The van der Waals surface area contributed by atoms with E-state index < -0.39 is 5.60 Å². The first-order valence-corrected chi connectivity index (χ1v) is 12.8. The third kappa shape index (κ3) is 5.98. The van der Waals surface area contributed by atoms with Gasteiger partial charge in [0.2, 0.25) is 0 Å². The third-order valence-electron chi connectivity index (χ3n) is 6.81. The van der Waals surface area contributed by atoms with E-state index in [9.17, 15) is 0 Å². The lowest BCUT2D eigenvalue weighted by Gasteiger charge is -2.37. The number of benzene rings is 4. The maximum atomic E-state index is 7.07. The number of nitrogens with zero attached hydrogens (tertiary/aromatic N) is 2. The van der Waals surface area contributed by atoms with Crippen molar-refractivity contribution in [3.8, 4) is 5.75 Å². The van der Waals surface area contributed by atoms with Crippen molar-refractivity contribution in [1.29, 1.82) is 0 Å². The van der Waals surface area contributed by atoms with Crippen LogP contribution in [0.2, 0.25) is 0 Å². The molecule has 0 aromatic heterocycles. The lowest BCUT2D eigenvalue weighted by atomic mass is 9.79. The Morgan fingerprint density at radius 3 is 1.70 bits per heavy atom. The van der Waals surface area contributed by atoms with Gasteiger partial charge in [0.25, 0.3) is 0 Å². The lowest BCUT2D eigenvalue weighted by molar-refractivity contribution is 0.0117. The summed E-state index contributed by atoms with van der Waals surface area (Å²) < 4.78 is 12.6. The Morgan fingerprint density at radius 1 is 0.622 bits per heavy atom. The quantitative estimate of drug-likeness (QED) is 0.170. The first kappa shape index (κ1) is 26.3. The van der Waals surface area contributed by atoms with Crippen molar-refractivity contribution < 1.29 is 9.47 Å². The van der Waals surface area contributed by atoms with Gasteiger partial charge in [-0.1, -0.05) is 66.7 Å². The smallest absolute Gasteiger partial charge is 0.143 e. The van der Waals surface area contributed by atoms with E-state index in [0.29, 0.717) is 6.61 Å². The van der Waals surface area contributed by atoms with Gasteiger partial charge in [-0.15, -0.1) is 0 Å². The van der Waals surface area contributed by atoms with Gasteiger partial charge in [0.15, 0.2) is 0 Å². The van der Waals surface area contributed by atoms with Crippen molar-refractivity contribution in [3.63, 3.8) is 0 Å². The maximum absolute atomic E-state index is 7.07. The molecule has 0 unspecified atom stereocenters. The minimum Gasteiger partial charge on any atom is -0.497 e. The fourth-order valence-corrected chi connectivity index (χ4v) is 4.73. The van der Waals surface area contributed by atoms with Crippen molar-refractivity contribution >= 4 is 11.4 Å². The molecular formula is C33H38N2O2. The summed E-state index contributed by atoms with van der Waals surface area (Å²) in [6, 6.07) is 36.2. The van der Waals surface area contributed by atoms with E-state index in [1.54, 1.807) is 7.11 Å². The van der Waals surface area contributed by atoms with Crippen LogP contribution in [0.3, 0.4) is 0 Å². The minimum absolute atomic E-state index is 0.610. The van der Waals surface area contributed by atoms with Crippen LogP contribution in [-0.4, -0.2) is 41.9 Å². The maximum Gasteiger partial charge on any atom is 0.143 e. The Balaban J connectivity index is 1.85. The molecule has 0 amide bonds. The number of hydrogen-bond acceptors (Lipinski definition) is 4. The molecule has 0 saturated heterocycles. The summed E-state index contributed by atoms with van der Waals surface area (Å²) in [5.74, 6) is 0.825. The molecule has 4 aromatic carbocycles. The fraction of sp³-hybridized carbons (Fsp3) is 0.273. The average Bonchev–Trinajstić information content (AvgIpc) is 2.94. The molecule has 4 nitrogen and oxygen atoms in total. The normalized spacial score (nSPS) is 11.3. The first-order chi connectivity index (χ1) is 17.9. The highest BCUT2D eigenvalue weighted by molar-refractivity contribution is 5.58. The van der Waals surface area contributed by atoms with Crippen LogP contribution in [0, 0.1) is 0 Å². The van der Waals surface area contributed by atoms with E-state index in [2.05, 4.69) is 129 Å². The average molecular weight is 495 g/mol. The Bertz CT molecular complexity index is 1220. The molecule has 0 aliphatic carbocycles. The predicted molar refractivity (Wildman–Crippen MR) is 155 cm³/mol. The van der Waals surface area contributed by atoms with Crippen molar-refractivity contribution in [2.75, 3.05) is 51.7 Å². The third-order valence-corrected chi connectivity index (χ3v) is 6.81. The fourth-order valence-electron chi connectivity index (χ4n) is 4.73. The molecular weight excluding hydrogens is 456 g/mol. The Hall–Kier alpha value is -3.76. The van der Waals surface area contributed by atoms with Gasteiger partial charge in [0.1, 0.15) is 11.4 Å². The monoisotopic (exact) mass is 494 g/mol. The molecule has 0 saturated carbocycles. The van der Waals surface area contributed by atoms with Crippen molar-refractivity contribution in [2.24, 2.45) is 0 Å². The van der Waals surface area contributed by atoms with Crippen molar-refractivity contribution in [1.82, 2.24) is 0 Å². The Morgan fingerprint density at radius 2 is 1.19 bits per heavy atom. The lowest BCUT2D eigenvalue weighted by Crippen LogP contribution is -2.34. The molecule has 37 heavy (non-hydrogen) atoms. The molecule has 0 aliphatic heterocycles. The van der Waals surface area contributed by atoms with E-state index in [1.165, 1.54) is 5.56 Å². The Kier molecular flexibility index (Phi) is 8.52. The van der Waals surface area contributed by atoms with Gasteiger partial charge in [-0.3, -0.25) is 0 Å². The number of anilines is 2. The van der Waals surface area contributed by atoms with Crippen LogP contribution in [-0.2, 0) is 16.8 Å². The topological polar surface area (TPSA) is 24.9 Å². The molecule has 0 atom stereocenters. The summed E-state index contributed by atoms with van der Waals surface area (Å²) in [7, 11) is 9.98. The van der Waals surface area contributed by atoms with Crippen LogP contribution < -0.4 is 14.5 Å². The summed E-state index contributed by atoms with van der Waals surface area (Å²) in [5.41, 5.74) is 6.06. The van der Waals surface area contributed by atoms with Crippen LogP contribution in [0.15, 0.2) is 103 Å². The Labute approximate surface area is 222 Å². The summed E-state index contributed by atoms with van der Waals surface area (Å²) in [4.78, 5) is 4.27. The zero-order valence-electron chi connectivity index (χ0n) is 22.6. The highest BCUT2D eigenvalue weighted by Gasteiger charge is 2.38. The van der Waals surface area contributed by atoms with Crippen LogP contribution in [0.1, 0.15) is 28.7 Å². The number of aryl methyl sites for hydroxylation is 1. The van der Waals surface area contributed by atoms with Crippen LogP contribution >= 0.6 is 0 Å². The van der Waals surface area contributed by atoms with Crippen molar-refractivity contribution in [3.05, 3.63) is 125 Å². The summed E-state index contributed by atoms with van der Waals surface area (Å²) in [6.45, 7) is 0.610. The molecule has 0 N–H and O–H groups in total. The van der Waals surface area contributed by atoms with Gasteiger partial charge in [-0.05, 0) is 71.5 Å². The molecule has 0 spiro atoms. The number of ether oxygens (including phenoxy) is 2. The van der Waals surface area contributed by atoms with Gasteiger partial charge in [0, 0.05) is 46.2 Å². The minimum atomic E-state index is -0.791. The van der Waals surface area contributed by atoms with Gasteiger partial charge in [-0.2, -0.15) is 0 Å². The second-order valence-electron chi connectivity index (χ2n) is 9.74. The molecule has 4 heteroatoms. The molecule has 0 aliphatic rings. The summed E-state index contributed by atoms with van der Waals surface area (Å²) >= 11 is 0. The molecule has 4 rings (SSSR count). The molecule has 0 bridgehead atoms. The standard InChI is InChI=1S/C33H38N2O2/c1-34(2)30-17-9-15-28(24-30)33(27-19-21-32(36-5)22-20-27,29-16-10-18-31(25-29)35(3)4)37-23-11-14-26-12-7-6-8-13-26/h6-10,12-13,15-22,24-25H,11,14,23H2,1-5H3. The van der Waals surface area contributed by atoms with Gasteiger partial charge in [0.05, 0.1) is 7.11 Å². The van der Waals surface area contributed by atoms with Crippen LogP contribution in [0.5, 0.6) is 5.75 Å². The summed E-state index contributed by atoms with van der Waals surface area (Å²) in [6.07, 6.45) is 1.89. The van der Waals surface area contributed by atoms with Gasteiger partial charge in [-0.25, -0.2) is 0 Å². The zero-order chi connectivity index (χ0) is 26.3.